The van der Waals surface area contributed by atoms with Crippen LogP contribution in [-0.4, -0.2) is 41.6 Å². The van der Waals surface area contributed by atoms with Crippen molar-refractivity contribution in [3.05, 3.63) is 53.6 Å². The number of ether oxygens (including phenoxy) is 1. The van der Waals surface area contributed by atoms with Gasteiger partial charge in [-0.15, -0.1) is 0 Å². The molecule has 0 saturated heterocycles. The van der Waals surface area contributed by atoms with E-state index in [2.05, 4.69) is 10.3 Å². The molecule has 150 valence electrons. The van der Waals surface area contributed by atoms with Crippen LogP contribution in [0.15, 0.2) is 48.5 Å². The van der Waals surface area contributed by atoms with E-state index in [1.807, 2.05) is 28.8 Å². The third kappa shape index (κ3) is 3.71. The molecule has 1 N–H and O–H groups in total. The van der Waals surface area contributed by atoms with Gasteiger partial charge in [0, 0.05) is 20.3 Å². The Labute approximate surface area is 173 Å². The number of amides is 2. The average molecular weight is 413 g/mol. The Morgan fingerprint density at radius 2 is 1.97 bits per heavy atom. The van der Waals surface area contributed by atoms with Crippen molar-refractivity contribution in [3.8, 4) is 0 Å². The zero-order valence-electron chi connectivity index (χ0n) is 16.0. The van der Waals surface area contributed by atoms with Crippen molar-refractivity contribution in [1.82, 2.24) is 9.55 Å². The highest BCUT2D eigenvalue weighted by atomic mass is 35.5. The van der Waals surface area contributed by atoms with E-state index >= 15 is 0 Å². The average Bonchev–Trinajstić information content (AvgIpc) is 3.20. The molecule has 29 heavy (non-hydrogen) atoms. The van der Waals surface area contributed by atoms with Gasteiger partial charge >= 0.3 is 0 Å². The quantitative estimate of drug-likeness (QED) is 0.601. The summed E-state index contributed by atoms with van der Waals surface area (Å²) >= 11 is 6.13. The summed E-state index contributed by atoms with van der Waals surface area (Å²) in [4.78, 5) is 32.1. The summed E-state index contributed by atoms with van der Waals surface area (Å²) in [6.45, 7) is 1.03. The first-order valence-electron chi connectivity index (χ1n) is 9.42. The van der Waals surface area contributed by atoms with E-state index in [1.165, 1.54) is 0 Å². The molecule has 1 aliphatic rings. The maximum atomic E-state index is 13.1. The lowest BCUT2D eigenvalue weighted by Crippen LogP contribution is -2.32. The summed E-state index contributed by atoms with van der Waals surface area (Å²) in [5, 5.41) is 3.25. The number of fused-ring (bicyclic) bond motifs is 3. The number of aromatic nitrogens is 2. The SMILES string of the molecule is COCCCN1C(=O)[C@H](CC(=O)Nc2ccccc2Cl)n2c1nc1ccccc12. The first kappa shape index (κ1) is 19.4. The van der Waals surface area contributed by atoms with Gasteiger partial charge in [0.25, 0.3) is 5.91 Å². The Kier molecular flexibility index (Phi) is 5.51. The van der Waals surface area contributed by atoms with Gasteiger partial charge in [-0.3, -0.25) is 19.1 Å². The highest BCUT2D eigenvalue weighted by Crippen LogP contribution is 2.36. The van der Waals surface area contributed by atoms with E-state index in [9.17, 15) is 9.59 Å². The summed E-state index contributed by atoms with van der Waals surface area (Å²) in [6, 6.07) is 14.0. The van der Waals surface area contributed by atoms with Crippen LogP contribution in [0.5, 0.6) is 0 Å². The molecule has 0 unspecified atom stereocenters. The Bertz CT molecular complexity index is 1070. The van der Waals surface area contributed by atoms with Crippen LogP contribution < -0.4 is 10.2 Å². The second kappa shape index (κ2) is 8.23. The molecule has 1 aromatic heterocycles. The van der Waals surface area contributed by atoms with Crippen LogP contribution in [0.25, 0.3) is 11.0 Å². The molecule has 8 heteroatoms. The number of carbonyl (C=O) groups excluding carboxylic acids is 2. The third-order valence-electron chi connectivity index (χ3n) is 4.94. The van der Waals surface area contributed by atoms with E-state index in [0.717, 1.165) is 11.0 Å². The number of hydrogen-bond acceptors (Lipinski definition) is 4. The number of hydrogen-bond donors (Lipinski definition) is 1. The number of methoxy groups -OCH3 is 1. The van der Waals surface area contributed by atoms with Gasteiger partial charge in [-0.1, -0.05) is 35.9 Å². The lowest BCUT2D eigenvalue weighted by atomic mass is 10.1. The standard InChI is InChI=1S/C21H21ClN4O3/c1-29-12-6-11-25-20(28)18(13-19(27)23-15-8-3-2-7-14(15)22)26-17-10-5-4-9-16(17)24-21(25)26/h2-5,7-10,18H,6,11-13H2,1H3,(H,23,27)/t18-/m0/s1. The molecule has 2 aromatic carbocycles. The summed E-state index contributed by atoms with van der Waals surface area (Å²) in [5.41, 5.74) is 2.15. The summed E-state index contributed by atoms with van der Waals surface area (Å²) < 4.78 is 6.97. The monoisotopic (exact) mass is 412 g/mol. The van der Waals surface area contributed by atoms with Crippen molar-refractivity contribution in [1.29, 1.82) is 0 Å². The van der Waals surface area contributed by atoms with Gasteiger partial charge in [0.1, 0.15) is 6.04 Å². The second-order valence-electron chi connectivity index (χ2n) is 6.85. The lowest BCUT2D eigenvalue weighted by molar-refractivity contribution is -0.124. The Balaban J connectivity index is 1.62. The number of nitrogens with one attached hydrogen (secondary N) is 1. The molecule has 0 aliphatic carbocycles. The molecular weight excluding hydrogens is 392 g/mol. The summed E-state index contributed by atoms with van der Waals surface area (Å²) in [7, 11) is 1.63. The molecule has 0 saturated carbocycles. The molecular formula is C21H21ClN4O3. The number of rotatable bonds is 7. The molecule has 0 fully saturated rings. The van der Waals surface area contributed by atoms with Crippen molar-refractivity contribution in [2.75, 3.05) is 30.5 Å². The number of nitrogens with zero attached hydrogens (tertiary/aromatic N) is 3. The van der Waals surface area contributed by atoms with Crippen LogP contribution >= 0.6 is 11.6 Å². The minimum atomic E-state index is -0.651. The smallest absolute Gasteiger partial charge is 0.253 e. The molecule has 2 heterocycles. The van der Waals surface area contributed by atoms with Gasteiger partial charge in [0.15, 0.2) is 0 Å². The fourth-order valence-electron chi connectivity index (χ4n) is 3.61. The molecule has 0 bridgehead atoms. The first-order chi connectivity index (χ1) is 14.1. The molecule has 3 aromatic rings. The van der Waals surface area contributed by atoms with Crippen LogP contribution in [0.2, 0.25) is 5.02 Å². The van der Waals surface area contributed by atoms with E-state index in [-0.39, 0.29) is 18.2 Å². The van der Waals surface area contributed by atoms with E-state index < -0.39 is 6.04 Å². The lowest BCUT2D eigenvalue weighted by Gasteiger charge is -2.16. The molecule has 0 spiro atoms. The van der Waals surface area contributed by atoms with Crippen molar-refractivity contribution >= 4 is 46.1 Å². The zero-order valence-corrected chi connectivity index (χ0v) is 16.7. The number of imidazole rings is 1. The van der Waals surface area contributed by atoms with Crippen molar-refractivity contribution in [3.63, 3.8) is 0 Å². The van der Waals surface area contributed by atoms with Crippen LogP contribution in [0.1, 0.15) is 18.9 Å². The van der Waals surface area contributed by atoms with Gasteiger partial charge in [-0.2, -0.15) is 0 Å². The van der Waals surface area contributed by atoms with Gasteiger partial charge in [-0.05, 0) is 30.7 Å². The molecule has 1 aliphatic heterocycles. The number of anilines is 2. The van der Waals surface area contributed by atoms with E-state index in [0.29, 0.717) is 36.2 Å². The van der Waals surface area contributed by atoms with Gasteiger partial charge in [0.2, 0.25) is 11.9 Å². The Hall–Kier alpha value is -2.90. The van der Waals surface area contributed by atoms with Crippen molar-refractivity contribution < 1.29 is 14.3 Å². The number of halogens is 1. The van der Waals surface area contributed by atoms with Crippen LogP contribution in [0, 0.1) is 0 Å². The molecule has 1 atom stereocenters. The third-order valence-corrected chi connectivity index (χ3v) is 5.27. The molecule has 0 radical (unpaired) electrons. The van der Waals surface area contributed by atoms with Crippen molar-refractivity contribution in [2.24, 2.45) is 0 Å². The fourth-order valence-corrected chi connectivity index (χ4v) is 3.80. The maximum Gasteiger partial charge on any atom is 0.253 e. The largest absolute Gasteiger partial charge is 0.385 e. The predicted molar refractivity (Wildman–Crippen MR) is 112 cm³/mol. The van der Waals surface area contributed by atoms with Gasteiger partial charge < -0.3 is 10.1 Å². The first-order valence-corrected chi connectivity index (χ1v) is 9.79. The molecule has 4 rings (SSSR count). The maximum absolute atomic E-state index is 13.1. The number of para-hydroxylation sites is 3. The van der Waals surface area contributed by atoms with Crippen LogP contribution in [-0.2, 0) is 14.3 Å². The minimum absolute atomic E-state index is 0.00180. The van der Waals surface area contributed by atoms with Gasteiger partial charge in [-0.25, -0.2) is 4.98 Å². The fraction of sp³-hybridized carbons (Fsp3) is 0.286. The van der Waals surface area contributed by atoms with Crippen LogP contribution in [0.3, 0.4) is 0 Å². The van der Waals surface area contributed by atoms with Crippen molar-refractivity contribution in [2.45, 2.75) is 18.9 Å². The minimum Gasteiger partial charge on any atom is -0.385 e. The Morgan fingerprint density at radius 3 is 2.76 bits per heavy atom. The highest BCUT2D eigenvalue weighted by Gasteiger charge is 2.40. The number of benzene rings is 2. The summed E-state index contributed by atoms with van der Waals surface area (Å²) in [6.07, 6.45) is 0.683. The summed E-state index contributed by atoms with van der Waals surface area (Å²) in [5.74, 6) is 0.158. The van der Waals surface area contributed by atoms with Crippen LogP contribution in [0.4, 0.5) is 11.6 Å². The highest BCUT2D eigenvalue weighted by molar-refractivity contribution is 6.33. The molecule has 7 nitrogen and oxygen atoms in total. The zero-order chi connectivity index (χ0) is 20.4. The van der Waals surface area contributed by atoms with E-state index in [4.69, 9.17) is 16.3 Å². The second-order valence-corrected chi connectivity index (χ2v) is 7.26. The van der Waals surface area contributed by atoms with E-state index in [1.54, 1.807) is 36.3 Å². The molecule has 2 amide bonds. The van der Waals surface area contributed by atoms with Gasteiger partial charge in [0.05, 0.1) is 28.2 Å². The number of carbonyl (C=O) groups is 2. The Morgan fingerprint density at radius 1 is 1.21 bits per heavy atom. The predicted octanol–water partition coefficient (Wildman–Crippen LogP) is 3.64. The normalized spacial score (nSPS) is 15.7. The topological polar surface area (TPSA) is 76.5 Å².